The molecular weight excluding hydrogens is 526 g/mol. The number of allylic oxidation sites excluding steroid dienone is 3. The summed E-state index contributed by atoms with van der Waals surface area (Å²) in [5.41, 5.74) is 5.46. The van der Waals surface area contributed by atoms with Crippen LogP contribution in [-0.2, 0) is 17.9 Å². The summed E-state index contributed by atoms with van der Waals surface area (Å²) in [7, 11) is 0. The molecule has 1 saturated heterocycles. The number of hydrogen-bond acceptors (Lipinski definition) is 5. The van der Waals surface area contributed by atoms with E-state index < -0.39 is 0 Å². The number of piperidine rings is 1. The topological polar surface area (TPSA) is 103 Å². The Morgan fingerprint density at radius 3 is 2.65 bits per heavy atom. The minimum atomic E-state index is -0.287. The number of aromatic nitrogens is 3. The molecule has 0 unspecified atom stereocenters. The maximum Gasteiger partial charge on any atom is 0.258 e. The number of hydrogen-bond donors (Lipinski definition) is 3. The number of Topliss-reactive ketones (excluding diaryl/α,β-unsaturated/α-hetero) is 1. The lowest BCUT2D eigenvalue weighted by Crippen LogP contribution is -2.35. The average Bonchev–Trinajstić information content (AvgIpc) is 3.59. The quantitative estimate of drug-likeness (QED) is 0.307. The maximum absolute atomic E-state index is 12.9. The standard InChI is InChI=1S/C31H30ClN5O3/c32-24-4-1-20(2-5-24)18-37-19-23(16-33-37)31(40)34-25-6-8-30(39)27(15-25)29-14-22-13-21(3-7-28(22)35-29)17-36-11-9-26(38)10-12-36/h1-7,13-16,19,26,35,38H,8-12,17-18H2,(H,34,40). The number of aliphatic hydroxyl groups is 1. The van der Waals surface area contributed by atoms with Gasteiger partial charge in [0, 0.05) is 59.4 Å². The SMILES string of the molecule is O=C1CC=C(NC(=O)c2cnn(Cc3ccc(Cl)cc3)c2)C=C1c1cc2cc(CN3CCC(O)CC3)ccc2[nH]1. The fourth-order valence-electron chi connectivity index (χ4n) is 5.23. The maximum atomic E-state index is 12.9. The van der Waals surface area contributed by atoms with Crippen LogP contribution in [0.3, 0.4) is 0 Å². The molecule has 4 aromatic rings. The van der Waals surface area contributed by atoms with Crippen LogP contribution in [0.1, 0.15) is 46.4 Å². The molecule has 3 N–H and O–H groups in total. The van der Waals surface area contributed by atoms with Gasteiger partial charge in [0.25, 0.3) is 5.91 Å². The zero-order valence-corrected chi connectivity index (χ0v) is 22.7. The Hall–Kier alpha value is -3.98. The number of fused-ring (bicyclic) bond motifs is 1. The smallest absolute Gasteiger partial charge is 0.258 e. The van der Waals surface area contributed by atoms with Gasteiger partial charge in [-0.15, -0.1) is 0 Å². The molecule has 2 aromatic carbocycles. The Labute approximate surface area is 236 Å². The second kappa shape index (κ2) is 11.3. The molecule has 2 aromatic heterocycles. The number of aliphatic hydroxyl groups excluding tert-OH is 1. The van der Waals surface area contributed by atoms with Crippen LogP contribution in [0.15, 0.2) is 78.8 Å². The van der Waals surface area contributed by atoms with Crippen molar-refractivity contribution in [2.24, 2.45) is 0 Å². The van der Waals surface area contributed by atoms with Crippen LogP contribution in [-0.4, -0.2) is 55.7 Å². The number of aromatic amines is 1. The number of halogens is 1. The second-order valence-electron chi connectivity index (χ2n) is 10.5. The van der Waals surface area contributed by atoms with E-state index in [0.717, 1.165) is 54.6 Å². The first-order valence-electron chi connectivity index (χ1n) is 13.5. The summed E-state index contributed by atoms with van der Waals surface area (Å²) in [6.45, 7) is 3.14. The molecule has 0 bridgehead atoms. The second-order valence-corrected chi connectivity index (χ2v) is 10.9. The van der Waals surface area contributed by atoms with E-state index in [9.17, 15) is 14.7 Å². The molecule has 0 spiro atoms. The van der Waals surface area contributed by atoms with Crippen LogP contribution >= 0.6 is 11.6 Å². The van der Waals surface area contributed by atoms with Gasteiger partial charge in [-0.25, -0.2) is 0 Å². The Kier molecular flexibility index (Phi) is 7.38. The average molecular weight is 556 g/mol. The third-order valence-electron chi connectivity index (χ3n) is 7.46. The molecule has 1 amide bonds. The molecule has 1 aliphatic carbocycles. The molecule has 0 radical (unpaired) electrons. The van der Waals surface area contributed by atoms with E-state index in [1.807, 2.05) is 36.4 Å². The molecular formula is C31H30ClN5O3. The van der Waals surface area contributed by atoms with E-state index in [2.05, 4.69) is 32.4 Å². The van der Waals surface area contributed by atoms with Crippen molar-refractivity contribution in [1.82, 2.24) is 25.0 Å². The normalized spacial score (nSPS) is 16.7. The largest absolute Gasteiger partial charge is 0.393 e. The summed E-state index contributed by atoms with van der Waals surface area (Å²) in [5.74, 6) is -0.294. The van der Waals surface area contributed by atoms with Crippen molar-refractivity contribution in [3.63, 3.8) is 0 Å². The van der Waals surface area contributed by atoms with Crippen LogP contribution in [0.5, 0.6) is 0 Å². The van der Waals surface area contributed by atoms with E-state index >= 15 is 0 Å². The van der Waals surface area contributed by atoms with Crippen LogP contribution in [0, 0.1) is 0 Å². The molecule has 9 heteroatoms. The van der Waals surface area contributed by atoms with Crippen LogP contribution in [0.4, 0.5) is 0 Å². The van der Waals surface area contributed by atoms with Gasteiger partial charge in [0.2, 0.25) is 0 Å². The zero-order valence-electron chi connectivity index (χ0n) is 21.9. The lowest BCUT2D eigenvalue weighted by Gasteiger charge is -2.29. The van der Waals surface area contributed by atoms with Crippen molar-refractivity contribution in [3.8, 4) is 0 Å². The third-order valence-corrected chi connectivity index (χ3v) is 7.71. The molecule has 0 atom stereocenters. The minimum Gasteiger partial charge on any atom is -0.393 e. The lowest BCUT2D eigenvalue weighted by atomic mass is 9.98. The number of amides is 1. The van der Waals surface area contributed by atoms with Gasteiger partial charge >= 0.3 is 0 Å². The van der Waals surface area contributed by atoms with Crippen molar-refractivity contribution in [2.75, 3.05) is 13.1 Å². The molecule has 0 saturated carbocycles. The first kappa shape index (κ1) is 26.3. The number of likely N-dealkylation sites (tertiary alicyclic amines) is 1. The highest BCUT2D eigenvalue weighted by Gasteiger charge is 2.21. The highest BCUT2D eigenvalue weighted by Crippen LogP contribution is 2.27. The summed E-state index contributed by atoms with van der Waals surface area (Å²) in [5, 5.41) is 18.7. The number of nitrogens with zero attached hydrogens (tertiary/aromatic N) is 3. The van der Waals surface area contributed by atoms with E-state index in [1.165, 1.54) is 11.8 Å². The number of benzene rings is 2. The van der Waals surface area contributed by atoms with Gasteiger partial charge in [0.15, 0.2) is 5.78 Å². The monoisotopic (exact) mass is 555 g/mol. The molecule has 204 valence electrons. The van der Waals surface area contributed by atoms with Gasteiger partial charge in [-0.2, -0.15) is 5.10 Å². The number of ketones is 1. The highest BCUT2D eigenvalue weighted by molar-refractivity contribution is 6.30. The van der Waals surface area contributed by atoms with Crippen molar-refractivity contribution >= 4 is 39.8 Å². The highest BCUT2D eigenvalue weighted by atomic mass is 35.5. The van der Waals surface area contributed by atoms with Crippen LogP contribution < -0.4 is 5.32 Å². The Balaban J connectivity index is 1.14. The molecule has 1 aliphatic heterocycles. The molecule has 1 fully saturated rings. The van der Waals surface area contributed by atoms with Crippen LogP contribution in [0.25, 0.3) is 16.5 Å². The minimum absolute atomic E-state index is 0.00700. The molecule has 6 rings (SSSR count). The number of H-pyrrole nitrogens is 1. The first-order valence-corrected chi connectivity index (χ1v) is 13.8. The Bertz CT molecular complexity index is 1620. The van der Waals surface area contributed by atoms with Gasteiger partial charge in [-0.3, -0.25) is 19.2 Å². The molecule has 2 aliphatic rings. The third kappa shape index (κ3) is 5.94. The predicted molar refractivity (Wildman–Crippen MR) is 155 cm³/mol. The Morgan fingerprint density at radius 1 is 1.07 bits per heavy atom. The van der Waals surface area contributed by atoms with Crippen LogP contribution in [0.2, 0.25) is 5.02 Å². The summed E-state index contributed by atoms with van der Waals surface area (Å²) >= 11 is 5.96. The van der Waals surface area contributed by atoms with Crippen molar-refractivity contribution in [2.45, 2.75) is 38.5 Å². The number of rotatable bonds is 7. The van der Waals surface area contributed by atoms with E-state index in [4.69, 9.17) is 11.6 Å². The van der Waals surface area contributed by atoms with E-state index in [0.29, 0.717) is 28.4 Å². The Morgan fingerprint density at radius 2 is 1.85 bits per heavy atom. The predicted octanol–water partition coefficient (Wildman–Crippen LogP) is 4.69. The van der Waals surface area contributed by atoms with Crippen molar-refractivity contribution < 1.29 is 14.7 Å². The molecule has 40 heavy (non-hydrogen) atoms. The number of nitrogens with one attached hydrogen (secondary N) is 2. The van der Waals surface area contributed by atoms with Gasteiger partial charge in [-0.05, 0) is 60.4 Å². The van der Waals surface area contributed by atoms with E-state index in [-0.39, 0.29) is 24.2 Å². The van der Waals surface area contributed by atoms with E-state index in [1.54, 1.807) is 23.0 Å². The summed E-state index contributed by atoms with van der Waals surface area (Å²) < 4.78 is 1.70. The fourth-order valence-corrected chi connectivity index (χ4v) is 5.36. The van der Waals surface area contributed by atoms with Crippen molar-refractivity contribution in [1.29, 1.82) is 0 Å². The van der Waals surface area contributed by atoms with Gasteiger partial charge in [0.05, 0.1) is 30.1 Å². The summed E-state index contributed by atoms with van der Waals surface area (Å²) in [6.07, 6.45) is 8.34. The number of carbonyl (C=O) groups is 2. The first-order chi connectivity index (χ1) is 19.4. The van der Waals surface area contributed by atoms with Crippen molar-refractivity contribution in [3.05, 3.63) is 106 Å². The molecule has 8 nitrogen and oxygen atoms in total. The summed E-state index contributed by atoms with van der Waals surface area (Å²) in [4.78, 5) is 31.5. The lowest BCUT2D eigenvalue weighted by molar-refractivity contribution is -0.113. The zero-order chi connectivity index (χ0) is 27.6. The van der Waals surface area contributed by atoms with Gasteiger partial charge in [0.1, 0.15) is 0 Å². The molecule has 3 heterocycles. The van der Waals surface area contributed by atoms with Gasteiger partial charge in [-0.1, -0.05) is 35.9 Å². The summed E-state index contributed by atoms with van der Waals surface area (Å²) in [6, 6.07) is 15.8. The number of carbonyl (C=O) groups excluding carboxylic acids is 2. The van der Waals surface area contributed by atoms with Gasteiger partial charge < -0.3 is 15.4 Å². The fraction of sp³-hybridized carbons (Fsp3) is 0.258.